The third-order valence-electron chi connectivity index (χ3n) is 1.66. The van der Waals surface area contributed by atoms with Crippen molar-refractivity contribution in [3.05, 3.63) is 21.1 Å². The van der Waals surface area contributed by atoms with Gasteiger partial charge in [-0.3, -0.25) is 0 Å². The lowest BCUT2D eigenvalue weighted by Crippen LogP contribution is -2.29. The first-order valence-corrected chi connectivity index (χ1v) is 11.0. The van der Waals surface area contributed by atoms with Crippen LogP contribution >= 0.6 is 31.9 Å². The fourth-order valence-electron chi connectivity index (χ4n) is 1.08. The van der Waals surface area contributed by atoms with Gasteiger partial charge in [0.15, 0.2) is 0 Å². The first-order valence-electron chi connectivity index (χ1n) is 4.63. The predicted octanol–water partition coefficient (Wildman–Crippen LogP) is 4.08. The zero-order valence-electron chi connectivity index (χ0n) is 9.42. The highest BCUT2D eigenvalue weighted by Gasteiger charge is 2.22. The Bertz CT molecular complexity index is 517. The average Bonchev–Trinajstić information content (AvgIpc) is 2.07. The molecule has 0 saturated carbocycles. The molecule has 1 aromatic carbocycles. The highest BCUT2D eigenvalue weighted by atomic mass is 79.9. The zero-order chi connectivity index (χ0) is 13.4. The van der Waals surface area contributed by atoms with Crippen molar-refractivity contribution in [3.63, 3.8) is 0 Å². The Morgan fingerprint density at radius 3 is 1.88 bits per heavy atom. The molecule has 1 aromatic rings. The molecule has 0 bridgehead atoms. The topological polar surface area (TPSA) is 43.4 Å². The largest absolute Gasteiger partial charge is 0.543 e. The van der Waals surface area contributed by atoms with E-state index in [1.165, 1.54) is 12.1 Å². The minimum absolute atomic E-state index is 0.404. The summed E-state index contributed by atoms with van der Waals surface area (Å²) in [7, 11) is -6.54. The van der Waals surface area contributed by atoms with Gasteiger partial charge in [-0.1, -0.05) is 0 Å². The average molecular weight is 406 g/mol. The van der Waals surface area contributed by atoms with E-state index in [-0.39, 0.29) is 0 Å². The SMILES string of the molecule is C[Si](C)(C)Oc1c(Br)cc(S(=O)(=O)F)cc1Br. The van der Waals surface area contributed by atoms with Crippen LogP contribution in [0.25, 0.3) is 0 Å². The molecule has 0 aliphatic carbocycles. The summed E-state index contributed by atoms with van der Waals surface area (Å²) < 4.78 is 41.0. The molecule has 0 aliphatic heterocycles. The Morgan fingerprint density at radius 2 is 1.59 bits per heavy atom. The Morgan fingerprint density at radius 1 is 1.18 bits per heavy atom. The van der Waals surface area contributed by atoms with Gasteiger partial charge in [0.1, 0.15) is 10.6 Å². The van der Waals surface area contributed by atoms with Crippen molar-refractivity contribution in [2.24, 2.45) is 0 Å². The standard InChI is InChI=1S/C9H11Br2FO3SSi/c1-17(2,3)15-9-7(10)4-6(5-8(9)11)16(12,13)14/h4-5H,1-3H3. The Kier molecular flexibility index (Phi) is 4.44. The molecule has 0 N–H and O–H groups in total. The van der Waals surface area contributed by atoms with Crippen molar-refractivity contribution >= 4 is 50.4 Å². The predicted molar refractivity (Wildman–Crippen MR) is 74.1 cm³/mol. The summed E-state index contributed by atoms with van der Waals surface area (Å²) >= 11 is 6.36. The summed E-state index contributed by atoms with van der Waals surface area (Å²) in [5, 5.41) is 0. The molecule has 0 spiro atoms. The minimum atomic E-state index is -4.71. The van der Waals surface area contributed by atoms with Gasteiger partial charge in [0.2, 0.25) is 8.32 Å². The van der Waals surface area contributed by atoms with Gasteiger partial charge >= 0.3 is 10.2 Å². The van der Waals surface area contributed by atoms with Gasteiger partial charge in [0.05, 0.1) is 8.95 Å². The van der Waals surface area contributed by atoms with Crippen LogP contribution in [0.4, 0.5) is 3.89 Å². The molecule has 1 rings (SSSR count). The van der Waals surface area contributed by atoms with Crippen LogP contribution in [0.15, 0.2) is 26.0 Å². The first kappa shape index (κ1) is 15.1. The number of hydrogen-bond acceptors (Lipinski definition) is 3. The van der Waals surface area contributed by atoms with Crippen LogP contribution in [-0.2, 0) is 10.2 Å². The van der Waals surface area contributed by atoms with E-state index in [2.05, 4.69) is 31.9 Å². The smallest absolute Gasteiger partial charge is 0.332 e. The van der Waals surface area contributed by atoms with Crippen LogP contribution in [0.5, 0.6) is 5.75 Å². The van der Waals surface area contributed by atoms with Crippen LogP contribution in [-0.4, -0.2) is 16.7 Å². The van der Waals surface area contributed by atoms with Crippen LogP contribution < -0.4 is 4.43 Å². The van der Waals surface area contributed by atoms with Gasteiger partial charge in [0, 0.05) is 0 Å². The van der Waals surface area contributed by atoms with Crippen molar-refractivity contribution in [1.82, 2.24) is 0 Å². The maximum absolute atomic E-state index is 12.8. The Balaban J connectivity index is 3.30. The van der Waals surface area contributed by atoms with E-state index in [1.54, 1.807) is 0 Å². The molecular weight excluding hydrogens is 395 g/mol. The number of halogens is 3. The highest BCUT2D eigenvalue weighted by molar-refractivity contribution is 9.11. The van der Waals surface area contributed by atoms with E-state index in [9.17, 15) is 12.3 Å². The minimum Gasteiger partial charge on any atom is -0.543 e. The van der Waals surface area contributed by atoms with E-state index in [1.807, 2.05) is 19.6 Å². The zero-order valence-corrected chi connectivity index (χ0v) is 14.4. The second-order valence-electron chi connectivity index (χ2n) is 4.37. The molecular formula is C9H11Br2FO3SSi. The van der Waals surface area contributed by atoms with Gasteiger partial charge in [-0.2, -0.15) is 8.42 Å². The van der Waals surface area contributed by atoms with Crippen molar-refractivity contribution in [1.29, 1.82) is 0 Å². The quantitative estimate of drug-likeness (QED) is 0.561. The van der Waals surface area contributed by atoms with E-state index in [0.717, 1.165) is 0 Å². The Hall–Kier alpha value is 0.0769. The molecule has 0 fully saturated rings. The lowest BCUT2D eigenvalue weighted by Gasteiger charge is -2.21. The van der Waals surface area contributed by atoms with Crippen molar-refractivity contribution < 1.29 is 16.7 Å². The lowest BCUT2D eigenvalue weighted by atomic mass is 10.3. The lowest BCUT2D eigenvalue weighted by molar-refractivity contribution is 0.545. The summed E-state index contributed by atoms with van der Waals surface area (Å²) in [5.41, 5.74) is 0. The van der Waals surface area contributed by atoms with Gasteiger partial charge in [-0.15, -0.1) is 3.89 Å². The second-order valence-corrected chi connectivity index (χ2v) is 11.9. The molecule has 8 heteroatoms. The summed E-state index contributed by atoms with van der Waals surface area (Å²) in [4.78, 5) is -0.404. The van der Waals surface area contributed by atoms with E-state index in [4.69, 9.17) is 4.43 Å². The van der Waals surface area contributed by atoms with Crippen molar-refractivity contribution in [3.8, 4) is 5.75 Å². The Labute approximate surface area is 118 Å². The third kappa shape index (κ3) is 4.35. The summed E-state index contributed by atoms with van der Waals surface area (Å²) in [6.07, 6.45) is 0. The fraction of sp³-hybridized carbons (Fsp3) is 0.333. The molecule has 0 heterocycles. The maximum atomic E-state index is 12.8. The number of benzene rings is 1. The summed E-state index contributed by atoms with van der Waals surface area (Å²) in [6, 6.07) is 2.38. The molecule has 0 aliphatic rings. The second kappa shape index (κ2) is 4.98. The molecule has 0 radical (unpaired) electrons. The van der Waals surface area contributed by atoms with Gasteiger partial charge in [0.25, 0.3) is 0 Å². The monoisotopic (exact) mass is 404 g/mol. The van der Waals surface area contributed by atoms with Crippen LogP contribution in [0, 0.1) is 0 Å². The summed E-state index contributed by atoms with van der Waals surface area (Å²) in [5.74, 6) is 0.497. The van der Waals surface area contributed by atoms with Gasteiger partial charge < -0.3 is 4.43 Å². The molecule has 0 amide bonds. The highest BCUT2D eigenvalue weighted by Crippen LogP contribution is 2.37. The third-order valence-corrected chi connectivity index (χ3v) is 4.45. The molecule has 0 unspecified atom stereocenters. The van der Waals surface area contributed by atoms with Crippen LogP contribution in [0.1, 0.15) is 0 Å². The molecule has 17 heavy (non-hydrogen) atoms. The number of hydrogen-bond donors (Lipinski definition) is 0. The molecule has 0 aromatic heterocycles. The molecule has 3 nitrogen and oxygen atoms in total. The van der Waals surface area contributed by atoms with E-state index >= 15 is 0 Å². The fourth-order valence-corrected chi connectivity index (χ4v) is 4.38. The van der Waals surface area contributed by atoms with E-state index < -0.39 is 23.4 Å². The van der Waals surface area contributed by atoms with Crippen molar-refractivity contribution in [2.45, 2.75) is 24.5 Å². The van der Waals surface area contributed by atoms with Crippen molar-refractivity contribution in [2.75, 3.05) is 0 Å². The first-order chi connectivity index (χ1) is 7.50. The summed E-state index contributed by atoms with van der Waals surface area (Å²) in [6.45, 7) is 5.98. The molecule has 0 atom stereocenters. The van der Waals surface area contributed by atoms with Crippen LogP contribution in [0.3, 0.4) is 0 Å². The van der Waals surface area contributed by atoms with E-state index in [0.29, 0.717) is 14.7 Å². The molecule has 0 saturated heterocycles. The molecule has 96 valence electrons. The van der Waals surface area contributed by atoms with Crippen LogP contribution in [0.2, 0.25) is 19.6 Å². The normalized spacial score (nSPS) is 12.6. The maximum Gasteiger partial charge on any atom is 0.332 e. The van der Waals surface area contributed by atoms with Gasteiger partial charge in [-0.05, 0) is 63.6 Å². The van der Waals surface area contributed by atoms with Gasteiger partial charge in [-0.25, -0.2) is 0 Å². The number of rotatable bonds is 3.